The standard InChI is InChI=1S/C18H21NO6/c1-10-8-6-7-9-13(10)14-15(24-17(20)22-4)11(2)19-12(3)16(14)25-18(21)23-5/h6-9,14,19H,1-5H3. The van der Waals surface area contributed by atoms with Crippen molar-refractivity contribution in [2.75, 3.05) is 14.2 Å². The molecule has 0 radical (unpaired) electrons. The summed E-state index contributed by atoms with van der Waals surface area (Å²) in [6, 6.07) is 7.57. The Bertz CT molecular complexity index is 710. The van der Waals surface area contributed by atoms with Crippen LogP contribution in [0.1, 0.15) is 30.9 Å². The Morgan fingerprint density at radius 2 is 1.36 bits per heavy atom. The molecule has 1 aromatic rings. The first kappa shape index (κ1) is 18.4. The molecule has 0 spiro atoms. The SMILES string of the molecule is COC(=O)OC1=C(C)NC(C)=C(OC(=O)OC)C1c1ccccc1C. The van der Waals surface area contributed by atoms with Crippen LogP contribution in [0.15, 0.2) is 47.2 Å². The highest BCUT2D eigenvalue weighted by Crippen LogP contribution is 2.40. The minimum atomic E-state index is -0.855. The monoisotopic (exact) mass is 347 g/mol. The number of hydrogen-bond acceptors (Lipinski definition) is 7. The van der Waals surface area contributed by atoms with Gasteiger partial charge in [0.1, 0.15) is 17.4 Å². The van der Waals surface area contributed by atoms with Gasteiger partial charge in [-0.05, 0) is 31.9 Å². The van der Waals surface area contributed by atoms with E-state index in [4.69, 9.17) is 9.47 Å². The number of nitrogens with one attached hydrogen (secondary N) is 1. The largest absolute Gasteiger partial charge is 0.513 e. The van der Waals surface area contributed by atoms with Crippen LogP contribution in [0, 0.1) is 6.92 Å². The first-order valence-electron chi connectivity index (χ1n) is 7.64. The van der Waals surface area contributed by atoms with Gasteiger partial charge in [-0.15, -0.1) is 0 Å². The van der Waals surface area contributed by atoms with Crippen LogP contribution in [0.25, 0.3) is 0 Å². The summed E-state index contributed by atoms with van der Waals surface area (Å²) < 4.78 is 19.9. The lowest BCUT2D eigenvalue weighted by Crippen LogP contribution is -2.29. The molecule has 0 bridgehead atoms. The minimum Gasteiger partial charge on any atom is -0.437 e. The molecule has 0 saturated carbocycles. The summed E-state index contributed by atoms with van der Waals surface area (Å²) >= 11 is 0. The molecule has 0 atom stereocenters. The number of benzene rings is 1. The number of hydrogen-bond donors (Lipinski definition) is 1. The molecule has 0 amide bonds. The summed E-state index contributed by atoms with van der Waals surface area (Å²) in [5.41, 5.74) is 3.02. The summed E-state index contributed by atoms with van der Waals surface area (Å²) in [5.74, 6) is -0.00282. The molecule has 2 rings (SSSR count). The normalized spacial score (nSPS) is 14.8. The molecule has 1 heterocycles. The van der Waals surface area contributed by atoms with Crippen LogP contribution in [0.5, 0.6) is 0 Å². The Morgan fingerprint density at radius 1 is 0.880 bits per heavy atom. The fourth-order valence-corrected chi connectivity index (χ4v) is 2.68. The lowest BCUT2D eigenvalue weighted by atomic mass is 9.88. The van der Waals surface area contributed by atoms with Gasteiger partial charge < -0.3 is 24.3 Å². The predicted molar refractivity (Wildman–Crippen MR) is 89.4 cm³/mol. The maximum Gasteiger partial charge on any atom is 0.513 e. The van der Waals surface area contributed by atoms with E-state index in [0.717, 1.165) is 11.1 Å². The van der Waals surface area contributed by atoms with Crippen LogP contribution in [0.2, 0.25) is 0 Å². The second-order valence-corrected chi connectivity index (χ2v) is 5.51. The fourth-order valence-electron chi connectivity index (χ4n) is 2.68. The van der Waals surface area contributed by atoms with Gasteiger partial charge in [0.25, 0.3) is 0 Å². The number of dihydropyridines is 1. The molecule has 7 heteroatoms. The number of carbonyl (C=O) groups is 2. The summed E-state index contributed by atoms with van der Waals surface area (Å²) in [7, 11) is 2.45. The van der Waals surface area contributed by atoms with Crippen molar-refractivity contribution in [1.82, 2.24) is 5.32 Å². The number of allylic oxidation sites excluding steroid dienone is 2. The molecule has 1 aromatic carbocycles. The van der Waals surface area contributed by atoms with E-state index in [9.17, 15) is 9.59 Å². The molecule has 25 heavy (non-hydrogen) atoms. The van der Waals surface area contributed by atoms with Gasteiger partial charge >= 0.3 is 12.3 Å². The topological polar surface area (TPSA) is 83.1 Å². The Morgan fingerprint density at radius 3 is 1.80 bits per heavy atom. The zero-order valence-electron chi connectivity index (χ0n) is 14.8. The van der Waals surface area contributed by atoms with Gasteiger partial charge in [-0.1, -0.05) is 24.3 Å². The zero-order chi connectivity index (χ0) is 18.6. The molecule has 0 unspecified atom stereocenters. The maximum atomic E-state index is 11.7. The van der Waals surface area contributed by atoms with Crippen LogP contribution in [-0.2, 0) is 18.9 Å². The van der Waals surface area contributed by atoms with E-state index in [1.807, 2.05) is 31.2 Å². The number of methoxy groups -OCH3 is 2. The zero-order valence-corrected chi connectivity index (χ0v) is 14.8. The summed E-state index contributed by atoms with van der Waals surface area (Å²) in [6.45, 7) is 5.46. The van der Waals surface area contributed by atoms with E-state index in [0.29, 0.717) is 22.9 Å². The summed E-state index contributed by atoms with van der Waals surface area (Å²) in [4.78, 5) is 23.4. The third-order valence-corrected chi connectivity index (χ3v) is 3.86. The molecule has 134 valence electrons. The van der Waals surface area contributed by atoms with Crippen molar-refractivity contribution in [3.63, 3.8) is 0 Å². The Hall–Kier alpha value is -2.96. The molecule has 7 nitrogen and oxygen atoms in total. The van der Waals surface area contributed by atoms with E-state index < -0.39 is 18.2 Å². The second-order valence-electron chi connectivity index (χ2n) is 5.51. The number of ether oxygens (including phenoxy) is 4. The third-order valence-electron chi connectivity index (χ3n) is 3.86. The van der Waals surface area contributed by atoms with Gasteiger partial charge in [0, 0.05) is 0 Å². The summed E-state index contributed by atoms with van der Waals surface area (Å²) in [6.07, 6.45) is -1.71. The molecule has 1 aliphatic heterocycles. The number of aryl methyl sites for hydroxylation is 1. The van der Waals surface area contributed by atoms with E-state index >= 15 is 0 Å². The summed E-state index contributed by atoms with van der Waals surface area (Å²) in [5, 5.41) is 3.05. The highest BCUT2D eigenvalue weighted by molar-refractivity contribution is 5.65. The van der Waals surface area contributed by atoms with Crippen molar-refractivity contribution >= 4 is 12.3 Å². The molecular weight excluding hydrogens is 326 g/mol. The third kappa shape index (κ3) is 3.93. The van der Waals surface area contributed by atoms with Crippen molar-refractivity contribution in [3.05, 3.63) is 58.3 Å². The van der Waals surface area contributed by atoms with Crippen molar-refractivity contribution in [3.8, 4) is 0 Å². The minimum absolute atomic E-state index is 0.297. The van der Waals surface area contributed by atoms with E-state index in [1.165, 1.54) is 14.2 Å². The highest BCUT2D eigenvalue weighted by atomic mass is 16.7. The number of carbonyl (C=O) groups excluding carboxylic acids is 2. The fraction of sp³-hybridized carbons (Fsp3) is 0.333. The van der Waals surface area contributed by atoms with E-state index in [2.05, 4.69) is 14.8 Å². The Balaban J connectivity index is 2.58. The molecule has 0 aliphatic carbocycles. The molecule has 0 saturated heterocycles. The van der Waals surface area contributed by atoms with Crippen molar-refractivity contribution in [1.29, 1.82) is 0 Å². The number of rotatable bonds is 3. The van der Waals surface area contributed by atoms with Gasteiger partial charge in [0.2, 0.25) is 0 Å². The molecular formula is C18H21NO6. The molecule has 0 fully saturated rings. The van der Waals surface area contributed by atoms with Crippen LogP contribution in [0.3, 0.4) is 0 Å². The Kier molecular flexibility index (Phi) is 5.69. The molecule has 0 aromatic heterocycles. The van der Waals surface area contributed by atoms with Crippen molar-refractivity contribution in [2.45, 2.75) is 26.7 Å². The Labute approximate surface area is 146 Å². The van der Waals surface area contributed by atoms with Crippen LogP contribution in [-0.4, -0.2) is 26.5 Å². The van der Waals surface area contributed by atoms with Gasteiger partial charge in [-0.3, -0.25) is 0 Å². The van der Waals surface area contributed by atoms with E-state index in [1.54, 1.807) is 13.8 Å². The lowest BCUT2D eigenvalue weighted by Gasteiger charge is -2.30. The van der Waals surface area contributed by atoms with E-state index in [-0.39, 0.29) is 0 Å². The van der Waals surface area contributed by atoms with Gasteiger partial charge in [0.05, 0.1) is 25.6 Å². The van der Waals surface area contributed by atoms with Crippen LogP contribution >= 0.6 is 0 Å². The first-order chi connectivity index (χ1) is 11.9. The average molecular weight is 347 g/mol. The van der Waals surface area contributed by atoms with Crippen molar-refractivity contribution in [2.24, 2.45) is 0 Å². The van der Waals surface area contributed by atoms with Gasteiger partial charge in [0.15, 0.2) is 0 Å². The smallest absolute Gasteiger partial charge is 0.437 e. The van der Waals surface area contributed by atoms with Gasteiger partial charge in [-0.2, -0.15) is 0 Å². The highest BCUT2D eigenvalue weighted by Gasteiger charge is 2.36. The quantitative estimate of drug-likeness (QED) is 0.835. The van der Waals surface area contributed by atoms with Crippen molar-refractivity contribution < 1.29 is 28.5 Å². The predicted octanol–water partition coefficient (Wildman–Crippen LogP) is 3.71. The first-order valence-corrected chi connectivity index (χ1v) is 7.64. The van der Waals surface area contributed by atoms with Crippen LogP contribution < -0.4 is 5.32 Å². The lowest BCUT2D eigenvalue weighted by molar-refractivity contribution is 0.0785. The molecule has 1 aliphatic rings. The molecule has 1 N–H and O–H groups in total. The average Bonchev–Trinajstić information content (AvgIpc) is 2.59. The second kappa shape index (κ2) is 7.74. The maximum absolute atomic E-state index is 11.7. The van der Waals surface area contributed by atoms with Crippen LogP contribution in [0.4, 0.5) is 9.59 Å². The van der Waals surface area contributed by atoms with Gasteiger partial charge in [-0.25, -0.2) is 9.59 Å².